The second kappa shape index (κ2) is 9.06. The number of nitrogens with zero attached hydrogens (tertiary/aromatic N) is 1. The third-order valence-corrected chi connectivity index (χ3v) is 4.36. The summed E-state index contributed by atoms with van der Waals surface area (Å²) < 4.78 is 10.9. The summed E-state index contributed by atoms with van der Waals surface area (Å²) in [6, 6.07) is 8.39. The molecule has 1 aromatic carbocycles. The fourth-order valence-corrected chi connectivity index (χ4v) is 2.92. The summed E-state index contributed by atoms with van der Waals surface area (Å²) in [5.74, 6) is -0.146. The summed E-state index contributed by atoms with van der Waals surface area (Å²) in [4.78, 5) is 25.8. The molecule has 1 amide bonds. The van der Waals surface area contributed by atoms with Crippen molar-refractivity contribution in [1.29, 1.82) is 0 Å². The zero-order valence-electron chi connectivity index (χ0n) is 16.4. The van der Waals surface area contributed by atoms with Gasteiger partial charge in [0.25, 0.3) is 0 Å². The van der Waals surface area contributed by atoms with Gasteiger partial charge in [0.1, 0.15) is 11.7 Å². The van der Waals surface area contributed by atoms with Crippen molar-refractivity contribution in [2.24, 2.45) is 0 Å². The molecule has 26 heavy (non-hydrogen) atoms. The van der Waals surface area contributed by atoms with Crippen molar-refractivity contribution < 1.29 is 19.1 Å². The van der Waals surface area contributed by atoms with Crippen LogP contribution in [0.25, 0.3) is 0 Å². The lowest BCUT2D eigenvalue weighted by Gasteiger charge is -2.33. The molecule has 1 fully saturated rings. The Morgan fingerprint density at radius 1 is 1.12 bits per heavy atom. The van der Waals surface area contributed by atoms with Crippen molar-refractivity contribution >= 4 is 12.1 Å². The molecule has 0 radical (unpaired) electrons. The summed E-state index contributed by atoms with van der Waals surface area (Å²) >= 11 is 0. The first-order chi connectivity index (χ1) is 12.2. The van der Waals surface area contributed by atoms with E-state index in [0.29, 0.717) is 32.4 Å². The Hall–Kier alpha value is -2.04. The van der Waals surface area contributed by atoms with E-state index in [0.717, 1.165) is 12.8 Å². The first kappa shape index (κ1) is 20.3. The first-order valence-electron chi connectivity index (χ1n) is 9.46. The molecule has 0 spiro atoms. The van der Waals surface area contributed by atoms with Gasteiger partial charge in [0, 0.05) is 32.4 Å². The molecule has 1 aliphatic rings. The number of benzene rings is 1. The standard InChI is InChI=1S/C21H31NO4/c1-16-8-10-17(11-9-16)6-5-7-19(23)25-18-12-14-22(15-13-18)20(24)26-21(2,3)4/h8-11,18H,5-7,12-15H2,1-4H3. The monoisotopic (exact) mass is 361 g/mol. The van der Waals surface area contributed by atoms with Crippen LogP contribution in [0.5, 0.6) is 0 Å². The fraction of sp³-hybridized carbons (Fsp3) is 0.619. The molecule has 144 valence electrons. The van der Waals surface area contributed by atoms with Crippen LogP contribution in [0.4, 0.5) is 4.79 Å². The van der Waals surface area contributed by atoms with Gasteiger partial charge in [-0.05, 0) is 46.1 Å². The Labute approximate surface area is 156 Å². The number of likely N-dealkylation sites (tertiary alicyclic amines) is 1. The van der Waals surface area contributed by atoms with Gasteiger partial charge in [0.2, 0.25) is 0 Å². The van der Waals surface area contributed by atoms with E-state index >= 15 is 0 Å². The van der Waals surface area contributed by atoms with Crippen molar-refractivity contribution in [3.63, 3.8) is 0 Å². The van der Waals surface area contributed by atoms with Crippen LogP contribution < -0.4 is 0 Å². The molecular weight excluding hydrogens is 330 g/mol. The maximum Gasteiger partial charge on any atom is 0.410 e. The van der Waals surface area contributed by atoms with E-state index in [-0.39, 0.29) is 18.2 Å². The van der Waals surface area contributed by atoms with Crippen LogP contribution in [-0.4, -0.2) is 41.8 Å². The molecule has 1 heterocycles. The maximum absolute atomic E-state index is 12.0. The number of carbonyl (C=O) groups is 2. The van der Waals surface area contributed by atoms with Crippen LogP contribution in [0, 0.1) is 6.92 Å². The van der Waals surface area contributed by atoms with Gasteiger partial charge in [-0.25, -0.2) is 4.79 Å². The molecule has 1 saturated heterocycles. The molecule has 0 N–H and O–H groups in total. The van der Waals surface area contributed by atoms with Crippen LogP contribution in [0.1, 0.15) is 57.6 Å². The molecule has 1 aliphatic heterocycles. The van der Waals surface area contributed by atoms with Gasteiger partial charge in [0.05, 0.1) is 0 Å². The van der Waals surface area contributed by atoms with Gasteiger partial charge < -0.3 is 14.4 Å². The topological polar surface area (TPSA) is 55.8 Å². The molecular formula is C21H31NO4. The molecule has 5 nitrogen and oxygen atoms in total. The molecule has 0 aliphatic carbocycles. The highest BCUT2D eigenvalue weighted by molar-refractivity contribution is 5.70. The minimum Gasteiger partial charge on any atom is -0.462 e. The average molecular weight is 361 g/mol. The van der Waals surface area contributed by atoms with E-state index in [1.807, 2.05) is 20.8 Å². The molecule has 0 atom stereocenters. The molecule has 0 saturated carbocycles. The largest absolute Gasteiger partial charge is 0.462 e. The quantitative estimate of drug-likeness (QED) is 0.735. The zero-order chi connectivity index (χ0) is 19.2. The summed E-state index contributed by atoms with van der Waals surface area (Å²) in [5.41, 5.74) is 2.00. The number of carbonyl (C=O) groups excluding carboxylic acids is 2. The SMILES string of the molecule is Cc1ccc(CCCC(=O)OC2CCN(C(=O)OC(C)(C)C)CC2)cc1. The molecule has 0 bridgehead atoms. The van der Waals surface area contributed by atoms with Crippen LogP contribution in [-0.2, 0) is 20.7 Å². The molecule has 5 heteroatoms. The lowest BCUT2D eigenvalue weighted by molar-refractivity contribution is -0.151. The number of hydrogen-bond acceptors (Lipinski definition) is 4. The van der Waals surface area contributed by atoms with Gasteiger partial charge in [-0.2, -0.15) is 0 Å². The Kier molecular flexibility index (Phi) is 7.06. The minimum absolute atomic E-state index is 0.0967. The Morgan fingerprint density at radius 2 is 1.73 bits per heavy atom. The number of hydrogen-bond donors (Lipinski definition) is 0. The third kappa shape index (κ3) is 7.06. The van der Waals surface area contributed by atoms with Crippen LogP contribution >= 0.6 is 0 Å². The Morgan fingerprint density at radius 3 is 2.31 bits per heavy atom. The lowest BCUT2D eigenvalue weighted by atomic mass is 10.1. The van der Waals surface area contributed by atoms with E-state index in [1.54, 1.807) is 4.90 Å². The van der Waals surface area contributed by atoms with Crippen LogP contribution in [0.2, 0.25) is 0 Å². The normalized spacial score (nSPS) is 15.6. The third-order valence-electron chi connectivity index (χ3n) is 4.36. The average Bonchev–Trinajstić information content (AvgIpc) is 2.56. The predicted molar refractivity (Wildman–Crippen MR) is 101 cm³/mol. The van der Waals surface area contributed by atoms with Crippen LogP contribution in [0.15, 0.2) is 24.3 Å². The summed E-state index contributed by atoms with van der Waals surface area (Å²) in [6.45, 7) is 8.77. The van der Waals surface area contributed by atoms with Crippen molar-refractivity contribution in [2.75, 3.05) is 13.1 Å². The predicted octanol–water partition coefficient (Wildman–Crippen LogP) is 4.26. The zero-order valence-corrected chi connectivity index (χ0v) is 16.4. The number of rotatable bonds is 5. The lowest BCUT2D eigenvalue weighted by Crippen LogP contribution is -2.43. The summed E-state index contributed by atoms with van der Waals surface area (Å²) in [6.07, 6.45) is 3.05. The van der Waals surface area contributed by atoms with Crippen molar-refractivity contribution in [1.82, 2.24) is 4.90 Å². The van der Waals surface area contributed by atoms with Gasteiger partial charge in [-0.15, -0.1) is 0 Å². The maximum atomic E-state index is 12.0. The highest BCUT2D eigenvalue weighted by Crippen LogP contribution is 2.18. The van der Waals surface area contributed by atoms with Crippen molar-refractivity contribution in [3.05, 3.63) is 35.4 Å². The highest BCUT2D eigenvalue weighted by atomic mass is 16.6. The van der Waals surface area contributed by atoms with E-state index < -0.39 is 5.60 Å². The first-order valence-corrected chi connectivity index (χ1v) is 9.46. The molecule has 1 aromatic rings. The summed E-state index contributed by atoms with van der Waals surface area (Å²) in [5, 5.41) is 0. The van der Waals surface area contributed by atoms with E-state index in [1.165, 1.54) is 11.1 Å². The second-order valence-corrected chi connectivity index (χ2v) is 8.00. The van der Waals surface area contributed by atoms with E-state index in [9.17, 15) is 9.59 Å². The summed E-state index contributed by atoms with van der Waals surface area (Å²) in [7, 11) is 0. The van der Waals surface area contributed by atoms with Gasteiger partial charge >= 0.3 is 12.1 Å². The smallest absolute Gasteiger partial charge is 0.410 e. The van der Waals surface area contributed by atoms with Crippen molar-refractivity contribution in [3.8, 4) is 0 Å². The molecule has 0 aromatic heterocycles. The number of esters is 1. The van der Waals surface area contributed by atoms with E-state index in [4.69, 9.17) is 9.47 Å². The minimum atomic E-state index is -0.488. The highest BCUT2D eigenvalue weighted by Gasteiger charge is 2.28. The van der Waals surface area contributed by atoms with Gasteiger partial charge in [-0.3, -0.25) is 4.79 Å². The number of piperidine rings is 1. The van der Waals surface area contributed by atoms with Gasteiger partial charge in [-0.1, -0.05) is 29.8 Å². The van der Waals surface area contributed by atoms with Crippen molar-refractivity contribution in [2.45, 2.75) is 71.5 Å². The van der Waals surface area contributed by atoms with E-state index in [2.05, 4.69) is 31.2 Å². The number of ether oxygens (including phenoxy) is 2. The Balaban J connectivity index is 1.64. The van der Waals surface area contributed by atoms with Gasteiger partial charge in [0.15, 0.2) is 0 Å². The second-order valence-electron chi connectivity index (χ2n) is 8.00. The number of amides is 1. The van der Waals surface area contributed by atoms with Crippen LogP contribution in [0.3, 0.4) is 0 Å². The Bertz CT molecular complexity index is 595. The number of aryl methyl sites for hydroxylation is 2. The fourth-order valence-electron chi connectivity index (χ4n) is 2.92. The molecule has 0 unspecified atom stereocenters. The molecule has 2 rings (SSSR count).